The summed E-state index contributed by atoms with van der Waals surface area (Å²) in [4.78, 5) is 10.6. The number of rotatable bonds is 7. The van der Waals surface area contributed by atoms with Gasteiger partial charge in [0.25, 0.3) is 0 Å². The maximum atomic E-state index is 12.0. The molecule has 1 aromatic carbocycles. The highest BCUT2D eigenvalue weighted by atomic mass is 32.2. The number of benzene rings is 1. The highest BCUT2D eigenvalue weighted by Crippen LogP contribution is 2.12. The zero-order valence-electron chi connectivity index (χ0n) is 10.2. The molecule has 0 bridgehead atoms. The van der Waals surface area contributed by atoms with Gasteiger partial charge in [-0.15, -0.1) is 0 Å². The number of carboxylic acid groups (broad SMARTS) is 1. The van der Waals surface area contributed by atoms with Crippen LogP contribution in [0, 0.1) is 0 Å². The monoisotopic (exact) mass is 289 g/mol. The van der Waals surface area contributed by atoms with Crippen molar-refractivity contribution in [2.24, 2.45) is 0 Å². The molecule has 0 aliphatic carbocycles. The third-order valence-corrected chi connectivity index (χ3v) is 3.82. The van der Waals surface area contributed by atoms with E-state index < -0.39 is 28.6 Å². The van der Waals surface area contributed by atoms with Gasteiger partial charge in [-0.2, -0.15) is 0 Å². The first kappa shape index (κ1) is 15.6. The molecule has 1 rings (SSSR count). The van der Waals surface area contributed by atoms with Crippen LogP contribution in [0.2, 0.25) is 0 Å². The Kier molecular flexibility index (Phi) is 5.43. The molecule has 0 fully saturated rings. The molecule has 0 amide bonds. The summed E-state index contributed by atoms with van der Waals surface area (Å²) in [5, 5.41) is 17.8. The Hall–Kier alpha value is -1.48. The van der Waals surface area contributed by atoms with Crippen LogP contribution in [0.15, 0.2) is 29.2 Å². The van der Waals surface area contributed by atoms with Crippen molar-refractivity contribution in [3.05, 3.63) is 29.8 Å². The van der Waals surface area contributed by atoms with E-state index in [1.54, 1.807) is 0 Å². The van der Waals surface area contributed by atoms with E-state index in [1.807, 2.05) is 0 Å². The molecule has 0 aliphatic rings. The van der Waals surface area contributed by atoms with Gasteiger partial charge in [-0.3, -0.25) is 0 Å². The first-order chi connectivity index (χ1) is 8.90. The lowest BCUT2D eigenvalue weighted by Crippen LogP contribution is -2.40. The van der Waals surface area contributed by atoms with Crippen LogP contribution < -0.4 is 4.72 Å². The molecule has 7 nitrogen and oxygen atoms in total. The summed E-state index contributed by atoms with van der Waals surface area (Å²) in [6.45, 7) is -0.417. The number of hydrogen-bond donors (Lipinski definition) is 3. The second-order valence-electron chi connectivity index (χ2n) is 3.79. The molecule has 19 heavy (non-hydrogen) atoms. The van der Waals surface area contributed by atoms with Crippen molar-refractivity contribution in [1.82, 2.24) is 4.72 Å². The number of methoxy groups -OCH3 is 1. The van der Waals surface area contributed by atoms with Gasteiger partial charge in [0.05, 0.1) is 29.7 Å². The second-order valence-corrected chi connectivity index (χ2v) is 5.50. The summed E-state index contributed by atoms with van der Waals surface area (Å²) >= 11 is 0. The van der Waals surface area contributed by atoms with Gasteiger partial charge in [0, 0.05) is 7.11 Å². The summed E-state index contributed by atoms with van der Waals surface area (Å²) in [5.74, 6) is -1.22. The first-order valence-electron chi connectivity index (χ1n) is 5.36. The van der Waals surface area contributed by atoms with Gasteiger partial charge in [-0.1, -0.05) is 6.07 Å². The average Bonchev–Trinajstić information content (AvgIpc) is 2.38. The van der Waals surface area contributed by atoms with E-state index in [-0.39, 0.29) is 17.1 Å². The molecular weight excluding hydrogens is 274 g/mol. The van der Waals surface area contributed by atoms with Crippen LogP contribution in [-0.2, 0) is 14.8 Å². The van der Waals surface area contributed by atoms with E-state index >= 15 is 0 Å². The highest BCUT2D eigenvalue weighted by molar-refractivity contribution is 7.89. The number of sulfonamides is 1. The Balaban J connectivity index is 2.99. The molecule has 8 heteroatoms. The lowest BCUT2D eigenvalue weighted by atomic mass is 10.2. The van der Waals surface area contributed by atoms with E-state index in [1.165, 1.54) is 25.3 Å². The van der Waals surface area contributed by atoms with Gasteiger partial charge in [0.1, 0.15) is 0 Å². The zero-order valence-corrected chi connectivity index (χ0v) is 11.1. The molecular formula is C11H15NO6S. The molecule has 0 aromatic heterocycles. The second kappa shape index (κ2) is 6.62. The number of ether oxygens (including phenoxy) is 1. The topological polar surface area (TPSA) is 113 Å². The van der Waals surface area contributed by atoms with Crippen molar-refractivity contribution in [3.63, 3.8) is 0 Å². The number of aliphatic hydroxyl groups is 1. The van der Waals surface area contributed by atoms with E-state index in [9.17, 15) is 13.2 Å². The predicted molar refractivity (Wildman–Crippen MR) is 66.5 cm³/mol. The van der Waals surface area contributed by atoms with Crippen LogP contribution >= 0.6 is 0 Å². The van der Waals surface area contributed by atoms with Gasteiger partial charge in [-0.25, -0.2) is 17.9 Å². The summed E-state index contributed by atoms with van der Waals surface area (Å²) in [6.07, 6.45) is 0. The first-order valence-corrected chi connectivity index (χ1v) is 6.84. The Labute approximate surface area is 110 Å². The van der Waals surface area contributed by atoms with Gasteiger partial charge in [0.2, 0.25) is 10.0 Å². The largest absolute Gasteiger partial charge is 0.478 e. The predicted octanol–water partition coefficient (Wildman–Crippen LogP) is -0.330. The zero-order chi connectivity index (χ0) is 14.5. The van der Waals surface area contributed by atoms with Gasteiger partial charge in [0.15, 0.2) is 0 Å². The number of nitrogens with one attached hydrogen (secondary N) is 1. The van der Waals surface area contributed by atoms with Crippen LogP contribution in [0.1, 0.15) is 10.4 Å². The smallest absolute Gasteiger partial charge is 0.335 e. The maximum Gasteiger partial charge on any atom is 0.335 e. The van der Waals surface area contributed by atoms with Gasteiger partial charge < -0.3 is 14.9 Å². The summed E-state index contributed by atoms with van der Waals surface area (Å²) in [6, 6.07) is 4.16. The maximum absolute atomic E-state index is 12.0. The summed E-state index contributed by atoms with van der Waals surface area (Å²) in [5.41, 5.74) is -0.129. The molecule has 0 aliphatic heterocycles. The van der Waals surface area contributed by atoms with Crippen molar-refractivity contribution in [3.8, 4) is 0 Å². The number of carboxylic acids is 1. The van der Waals surface area contributed by atoms with E-state index in [2.05, 4.69) is 4.72 Å². The van der Waals surface area contributed by atoms with Crippen LogP contribution in [0.3, 0.4) is 0 Å². The van der Waals surface area contributed by atoms with E-state index in [4.69, 9.17) is 14.9 Å². The van der Waals surface area contributed by atoms with Crippen molar-refractivity contribution in [1.29, 1.82) is 0 Å². The van der Waals surface area contributed by atoms with Crippen molar-refractivity contribution in [2.45, 2.75) is 10.9 Å². The van der Waals surface area contributed by atoms with Crippen LogP contribution in [0.4, 0.5) is 0 Å². The quantitative estimate of drug-likeness (QED) is 0.633. The van der Waals surface area contributed by atoms with Crippen molar-refractivity contribution < 1.29 is 28.2 Å². The Morgan fingerprint density at radius 3 is 2.68 bits per heavy atom. The number of carbonyl (C=O) groups is 1. The third-order valence-electron chi connectivity index (χ3n) is 2.30. The van der Waals surface area contributed by atoms with E-state index in [0.717, 1.165) is 6.07 Å². The Bertz CT molecular complexity index is 542. The Morgan fingerprint density at radius 1 is 1.47 bits per heavy atom. The number of aromatic carboxylic acids is 1. The molecule has 1 unspecified atom stereocenters. The number of aliphatic hydroxyl groups excluding tert-OH is 1. The highest BCUT2D eigenvalue weighted by Gasteiger charge is 2.20. The average molecular weight is 289 g/mol. The molecule has 0 heterocycles. The van der Waals surface area contributed by atoms with Crippen LogP contribution in [0.5, 0.6) is 0 Å². The molecule has 0 spiro atoms. The molecule has 1 atom stereocenters. The minimum Gasteiger partial charge on any atom is -0.478 e. The molecule has 3 N–H and O–H groups in total. The number of hydrogen-bond acceptors (Lipinski definition) is 5. The minimum absolute atomic E-state index is 0.00828. The molecule has 0 saturated heterocycles. The molecule has 106 valence electrons. The minimum atomic E-state index is -3.90. The summed E-state index contributed by atoms with van der Waals surface area (Å²) < 4.78 is 30.9. The SMILES string of the molecule is COCC(CO)NS(=O)(=O)c1cccc(C(=O)O)c1. The van der Waals surface area contributed by atoms with E-state index in [0.29, 0.717) is 0 Å². The normalized spacial score (nSPS) is 13.2. The lowest BCUT2D eigenvalue weighted by Gasteiger charge is -2.15. The lowest BCUT2D eigenvalue weighted by molar-refractivity contribution is 0.0696. The standard InChI is InChI=1S/C11H15NO6S/c1-18-7-9(6-13)12-19(16,17)10-4-2-3-8(5-10)11(14)15/h2-5,9,12-13H,6-7H2,1H3,(H,14,15). The third kappa shape index (κ3) is 4.28. The van der Waals surface area contributed by atoms with Gasteiger partial charge in [-0.05, 0) is 18.2 Å². The molecule has 0 saturated carbocycles. The van der Waals surface area contributed by atoms with Crippen molar-refractivity contribution in [2.75, 3.05) is 20.3 Å². The fourth-order valence-electron chi connectivity index (χ4n) is 1.41. The van der Waals surface area contributed by atoms with Gasteiger partial charge >= 0.3 is 5.97 Å². The molecule has 0 radical (unpaired) electrons. The fraction of sp³-hybridized carbons (Fsp3) is 0.364. The van der Waals surface area contributed by atoms with Crippen LogP contribution in [-0.4, -0.2) is 51.0 Å². The summed E-state index contributed by atoms with van der Waals surface area (Å²) in [7, 11) is -2.53. The van der Waals surface area contributed by atoms with Crippen molar-refractivity contribution >= 4 is 16.0 Å². The Morgan fingerprint density at radius 2 is 2.16 bits per heavy atom. The van der Waals surface area contributed by atoms with Crippen LogP contribution in [0.25, 0.3) is 0 Å². The molecule has 1 aromatic rings. The fourth-order valence-corrected chi connectivity index (χ4v) is 2.67.